The third-order valence-corrected chi connectivity index (χ3v) is 4.86. The van der Waals surface area contributed by atoms with Gasteiger partial charge >= 0.3 is 0 Å². The normalized spacial score (nSPS) is 11.3. The highest BCUT2D eigenvalue weighted by Gasteiger charge is 2.14. The molecule has 2 aromatic heterocycles. The zero-order valence-electron chi connectivity index (χ0n) is 14.0. The van der Waals surface area contributed by atoms with E-state index in [0.29, 0.717) is 5.82 Å². The summed E-state index contributed by atoms with van der Waals surface area (Å²) in [5.41, 5.74) is 4.20. The lowest BCUT2D eigenvalue weighted by atomic mass is 10.1. The van der Waals surface area contributed by atoms with Crippen LogP contribution in [0.2, 0.25) is 10.6 Å². The van der Waals surface area contributed by atoms with Gasteiger partial charge in [-0.2, -0.15) is 15.0 Å². The van der Waals surface area contributed by atoms with Crippen LogP contribution in [-0.2, 0) is 0 Å². The first kappa shape index (κ1) is 16.2. The molecule has 0 aliphatic rings. The third kappa shape index (κ3) is 2.74. The summed E-state index contributed by atoms with van der Waals surface area (Å²) in [7, 11) is 0. The molecule has 0 saturated heterocycles. The molecule has 0 aliphatic carbocycles. The molecule has 0 fully saturated rings. The molecule has 0 radical (unpaired) electrons. The second-order valence-electron chi connectivity index (χ2n) is 6.12. The first-order valence-electron chi connectivity index (χ1n) is 8.37. The van der Waals surface area contributed by atoms with Crippen molar-refractivity contribution in [3.63, 3.8) is 0 Å². The van der Waals surface area contributed by atoms with Crippen molar-refractivity contribution in [2.24, 2.45) is 0 Å². The van der Waals surface area contributed by atoms with E-state index < -0.39 is 0 Å². The van der Waals surface area contributed by atoms with Gasteiger partial charge in [-0.25, -0.2) is 0 Å². The van der Waals surface area contributed by atoms with Crippen molar-refractivity contribution >= 4 is 45.0 Å². The summed E-state index contributed by atoms with van der Waals surface area (Å²) in [5.74, 6) is 0.457. The van der Waals surface area contributed by atoms with Gasteiger partial charge in [-0.15, -0.1) is 0 Å². The number of hydrogen-bond acceptors (Lipinski definition) is 3. The zero-order valence-corrected chi connectivity index (χ0v) is 15.5. The molecule has 0 spiro atoms. The van der Waals surface area contributed by atoms with Crippen molar-refractivity contribution in [1.82, 2.24) is 19.5 Å². The van der Waals surface area contributed by atoms with Crippen LogP contribution in [0.4, 0.5) is 0 Å². The molecule has 0 atom stereocenters. The summed E-state index contributed by atoms with van der Waals surface area (Å²) in [6, 6.07) is 24.8. The minimum absolute atomic E-state index is 0.0804. The molecule has 6 heteroatoms. The fourth-order valence-corrected chi connectivity index (χ4v) is 3.79. The van der Waals surface area contributed by atoms with Gasteiger partial charge in [-0.3, -0.25) is 0 Å². The van der Waals surface area contributed by atoms with Crippen molar-refractivity contribution in [3.8, 4) is 17.1 Å². The van der Waals surface area contributed by atoms with Gasteiger partial charge < -0.3 is 4.57 Å². The predicted molar refractivity (Wildman–Crippen MR) is 110 cm³/mol. The maximum atomic E-state index is 5.95. The van der Waals surface area contributed by atoms with Gasteiger partial charge in [-0.05, 0) is 59.6 Å². The Hall–Kier alpha value is -2.95. The highest BCUT2D eigenvalue weighted by atomic mass is 35.5. The third-order valence-electron chi connectivity index (χ3n) is 4.53. The molecule has 0 N–H and O–H groups in total. The SMILES string of the molecule is Clc1nc(Cl)nc(-c2ccc3c(c2)c2ccccc2n3-c2ccccc2)n1. The van der Waals surface area contributed by atoms with Gasteiger partial charge in [-0.1, -0.05) is 36.4 Å². The second-order valence-corrected chi connectivity index (χ2v) is 6.79. The Morgan fingerprint density at radius 1 is 0.630 bits per heavy atom. The van der Waals surface area contributed by atoms with E-state index in [4.69, 9.17) is 23.2 Å². The minimum atomic E-state index is 0.0804. The van der Waals surface area contributed by atoms with Crippen molar-refractivity contribution < 1.29 is 0 Å². The summed E-state index contributed by atoms with van der Waals surface area (Å²) in [4.78, 5) is 12.2. The van der Waals surface area contributed by atoms with Gasteiger partial charge in [0.1, 0.15) is 0 Å². The Balaban J connectivity index is 1.83. The molecule has 5 rings (SSSR count). The van der Waals surface area contributed by atoms with Crippen molar-refractivity contribution in [2.45, 2.75) is 0 Å². The lowest BCUT2D eigenvalue weighted by Crippen LogP contribution is -1.94. The number of hydrogen-bond donors (Lipinski definition) is 0. The van der Waals surface area contributed by atoms with Crippen molar-refractivity contribution in [1.29, 1.82) is 0 Å². The summed E-state index contributed by atoms with van der Waals surface area (Å²) in [6.07, 6.45) is 0. The smallest absolute Gasteiger partial charge is 0.227 e. The highest BCUT2D eigenvalue weighted by Crippen LogP contribution is 2.34. The van der Waals surface area contributed by atoms with E-state index in [1.165, 1.54) is 0 Å². The number of halogens is 2. The van der Waals surface area contributed by atoms with Crippen LogP contribution in [0.5, 0.6) is 0 Å². The molecule has 0 amide bonds. The molecule has 0 aliphatic heterocycles. The van der Waals surface area contributed by atoms with Crippen LogP contribution in [0, 0.1) is 0 Å². The molecular weight excluding hydrogens is 379 g/mol. The maximum Gasteiger partial charge on any atom is 0.227 e. The average Bonchev–Trinajstić information content (AvgIpc) is 3.01. The number of fused-ring (bicyclic) bond motifs is 3. The van der Waals surface area contributed by atoms with E-state index in [2.05, 4.69) is 55.9 Å². The van der Waals surface area contributed by atoms with Gasteiger partial charge in [0.05, 0.1) is 11.0 Å². The monoisotopic (exact) mass is 390 g/mol. The molecule has 5 aromatic rings. The zero-order chi connectivity index (χ0) is 18.4. The van der Waals surface area contributed by atoms with Crippen LogP contribution in [0.25, 0.3) is 38.9 Å². The van der Waals surface area contributed by atoms with E-state index in [0.717, 1.165) is 33.1 Å². The molecule has 0 saturated carbocycles. The first-order valence-corrected chi connectivity index (χ1v) is 9.12. The lowest BCUT2D eigenvalue weighted by molar-refractivity contribution is 1.06. The molecule has 4 nitrogen and oxygen atoms in total. The molecule has 27 heavy (non-hydrogen) atoms. The Labute approximate surface area is 165 Å². The van der Waals surface area contributed by atoms with Crippen LogP contribution >= 0.6 is 23.2 Å². The van der Waals surface area contributed by atoms with Crippen molar-refractivity contribution in [3.05, 3.63) is 83.4 Å². The summed E-state index contributed by atoms with van der Waals surface area (Å²) >= 11 is 11.9. The number of aromatic nitrogens is 4. The van der Waals surface area contributed by atoms with Gasteiger partial charge in [0.25, 0.3) is 0 Å². The minimum Gasteiger partial charge on any atom is -0.309 e. The summed E-state index contributed by atoms with van der Waals surface area (Å²) in [5, 5.41) is 2.43. The van der Waals surface area contributed by atoms with Gasteiger partial charge in [0.2, 0.25) is 10.6 Å². The van der Waals surface area contributed by atoms with Gasteiger partial charge in [0.15, 0.2) is 5.82 Å². The maximum absolute atomic E-state index is 5.95. The molecule has 130 valence electrons. The fourth-order valence-electron chi connectivity index (χ4n) is 3.42. The summed E-state index contributed by atoms with van der Waals surface area (Å²) < 4.78 is 2.25. The molecule has 3 aromatic carbocycles. The van der Waals surface area contributed by atoms with E-state index in [9.17, 15) is 0 Å². The predicted octanol–water partition coefficient (Wildman–Crippen LogP) is 5.94. The van der Waals surface area contributed by atoms with Crippen LogP contribution in [-0.4, -0.2) is 19.5 Å². The largest absolute Gasteiger partial charge is 0.309 e. The molecule has 0 bridgehead atoms. The van der Waals surface area contributed by atoms with Gasteiger partial charge in [0, 0.05) is 22.0 Å². The first-order chi connectivity index (χ1) is 13.2. The lowest BCUT2D eigenvalue weighted by Gasteiger charge is -2.07. The topological polar surface area (TPSA) is 43.6 Å². The Kier molecular flexibility index (Phi) is 3.81. The standard InChI is InChI=1S/C21H12Cl2N4/c22-20-24-19(25-21(23)26-20)13-10-11-18-16(12-13)15-8-4-5-9-17(15)27(18)14-6-2-1-3-7-14/h1-12H. The Bertz CT molecular complexity index is 1280. The quantitative estimate of drug-likeness (QED) is 0.374. The Morgan fingerprint density at radius 3 is 2.07 bits per heavy atom. The molecule has 0 unspecified atom stereocenters. The Morgan fingerprint density at radius 2 is 1.30 bits per heavy atom. The van der Waals surface area contributed by atoms with Crippen LogP contribution < -0.4 is 0 Å². The number of para-hydroxylation sites is 2. The fraction of sp³-hybridized carbons (Fsp3) is 0. The van der Waals surface area contributed by atoms with E-state index in [1.54, 1.807) is 0 Å². The number of rotatable bonds is 2. The molecule has 2 heterocycles. The van der Waals surface area contributed by atoms with E-state index in [-0.39, 0.29) is 10.6 Å². The van der Waals surface area contributed by atoms with Crippen molar-refractivity contribution in [2.75, 3.05) is 0 Å². The number of nitrogens with zero attached hydrogens (tertiary/aromatic N) is 4. The van der Waals surface area contributed by atoms with Crippen LogP contribution in [0.3, 0.4) is 0 Å². The highest BCUT2D eigenvalue weighted by molar-refractivity contribution is 6.31. The summed E-state index contributed by atoms with van der Waals surface area (Å²) in [6.45, 7) is 0. The van der Waals surface area contributed by atoms with Crippen LogP contribution in [0.1, 0.15) is 0 Å². The second kappa shape index (κ2) is 6.34. The van der Waals surface area contributed by atoms with E-state index in [1.807, 2.05) is 36.4 Å². The van der Waals surface area contributed by atoms with E-state index >= 15 is 0 Å². The number of benzene rings is 3. The molecular formula is C21H12Cl2N4. The van der Waals surface area contributed by atoms with Crippen LogP contribution in [0.15, 0.2) is 72.8 Å². The average molecular weight is 391 g/mol.